The van der Waals surface area contributed by atoms with E-state index in [2.05, 4.69) is 20.4 Å². The summed E-state index contributed by atoms with van der Waals surface area (Å²) in [6.45, 7) is 2.58. The van der Waals surface area contributed by atoms with Gasteiger partial charge in [-0.2, -0.15) is 5.10 Å². The lowest BCUT2D eigenvalue weighted by Crippen LogP contribution is -2.44. The Bertz CT molecular complexity index is 1110. The summed E-state index contributed by atoms with van der Waals surface area (Å²) in [6.07, 6.45) is 2.23. The minimum Gasteiger partial charge on any atom is -0.377 e. The van der Waals surface area contributed by atoms with E-state index >= 15 is 0 Å². The number of H-pyrrole nitrogens is 1. The van der Waals surface area contributed by atoms with E-state index in [0.717, 1.165) is 35.4 Å². The Balaban J connectivity index is 1.38. The number of aryl methyl sites for hydroxylation is 1. The van der Waals surface area contributed by atoms with Crippen LogP contribution in [0.1, 0.15) is 46.7 Å². The van der Waals surface area contributed by atoms with Gasteiger partial charge in [0.15, 0.2) is 0 Å². The van der Waals surface area contributed by atoms with E-state index in [9.17, 15) is 9.59 Å². The molecular formula is C20H21N5O3. The highest BCUT2D eigenvalue weighted by Gasteiger charge is 2.34. The standard InChI is InChI=1S/C20H21N5O3/c1-11-21-15-5-4-13(8-16(15)22-11)20(27)23-17-9-28-10-18(17)25-19(26)7-6-14(24-25)12-2-3-12/h4-8,12,17-18H,2-3,9-10H2,1H3,(H,21,22)(H,23,27). The number of aromatic amines is 1. The molecule has 0 radical (unpaired) electrons. The Hall–Kier alpha value is -3.00. The average Bonchev–Trinajstić information content (AvgIpc) is 3.31. The lowest BCUT2D eigenvalue weighted by atomic mass is 10.1. The predicted octanol–water partition coefficient (Wildman–Crippen LogP) is 1.68. The zero-order valence-corrected chi connectivity index (χ0v) is 15.5. The van der Waals surface area contributed by atoms with Crippen LogP contribution < -0.4 is 10.9 Å². The summed E-state index contributed by atoms with van der Waals surface area (Å²) in [6, 6.07) is 8.10. The topological polar surface area (TPSA) is 102 Å². The number of hydrogen-bond acceptors (Lipinski definition) is 5. The van der Waals surface area contributed by atoms with E-state index in [1.165, 1.54) is 4.68 Å². The Morgan fingerprint density at radius 2 is 2.11 bits per heavy atom. The van der Waals surface area contributed by atoms with Gasteiger partial charge in [0.05, 0.1) is 36.0 Å². The minimum atomic E-state index is -0.314. The van der Waals surface area contributed by atoms with E-state index in [4.69, 9.17) is 4.74 Å². The maximum absolute atomic E-state index is 12.8. The predicted molar refractivity (Wildman–Crippen MR) is 102 cm³/mol. The molecule has 3 aromatic rings. The van der Waals surface area contributed by atoms with Gasteiger partial charge in [-0.3, -0.25) is 9.59 Å². The number of hydrogen-bond donors (Lipinski definition) is 2. The maximum atomic E-state index is 12.8. The Kier molecular flexibility index (Phi) is 4.01. The second kappa shape index (κ2) is 6.56. The molecule has 0 spiro atoms. The van der Waals surface area contributed by atoms with Gasteiger partial charge in [0.2, 0.25) is 0 Å². The van der Waals surface area contributed by atoms with E-state index < -0.39 is 0 Å². The number of imidazole rings is 1. The van der Waals surface area contributed by atoms with Crippen LogP contribution in [0.3, 0.4) is 0 Å². The van der Waals surface area contributed by atoms with Crippen LogP contribution in [-0.2, 0) is 4.74 Å². The molecule has 0 bridgehead atoms. The first-order chi connectivity index (χ1) is 13.6. The summed E-state index contributed by atoms with van der Waals surface area (Å²) in [7, 11) is 0. The molecule has 2 unspecified atom stereocenters. The van der Waals surface area contributed by atoms with Crippen molar-refractivity contribution in [3.05, 3.63) is 57.8 Å². The second-order valence-corrected chi connectivity index (χ2v) is 7.55. The molecule has 1 aliphatic heterocycles. The number of benzene rings is 1. The molecule has 2 fully saturated rings. The molecule has 8 nitrogen and oxygen atoms in total. The Labute approximate surface area is 160 Å². The van der Waals surface area contributed by atoms with Gasteiger partial charge in [-0.25, -0.2) is 9.67 Å². The molecule has 2 aromatic heterocycles. The number of ether oxygens (including phenoxy) is 1. The number of nitrogens with one attached hydrogen (secondary N) is 2. The van der Waals surface area contributed by atoms with Crippen molar-refractivity contribution in [2.24, 2.45) is 0 Å². The van der Waals surface area contributed by atoms with Crippen LogP contribution >= 0.6 is 0 Å². The highest BCUT2D eigenvalue weighted by molar-refractivity contribution is 5.97. The molecule has 28 heavy (non-hydrogen) atoms. The smallest absolute Gasteiger partial charge is 0.267 e. The molecule has 2 N–H and O–H groups in total. The van der Waals surface area contributed by atoms with Crippen LogP contribution in [-0.4, -0.2) is 44.9 Å². The van der Waals surface area contributed by atoms with Gasteiger partial charge in [0, 0.05) is 17.5 Å². The van der Waals surface area contributed by atoms with Crippen molar-refractivity contribution >= 4 is 16.9 Å². The average molecular weight is 379 g/mol. The number of carbonyl (C=O) groups is 1. The van der Waals surface area contributed by atoms with Crippen LogP contribution in [0.25, 0.3) is 11.0 Å². The van der Waals surface area contributed by atoms with Crippen LogP contribution in [0.5, 0.6) is 0 Å². The summed E-state index contributed by atoms with van der Waals surface area (Å²) in [4.78, 5) is 32.7. The third-order valence-electron chi connectivity index (χ3n) is 5.38. The number of nitrogens with zero attached hydrogens (tertiary/aromatic N) is 3. The SMILES string of the molecule is Cc1nc2ccc(C(=O)NC3COCC3n3nc(C4CC4)ccc3=O)cc2[nH]1. The maximum Gasteiger partial charge on any atom is 0.267 e. The summed E-state index contributed by atoms with van der Waals surface area (Å²) < 4.78 is 7.05. The lowest BCUT2D eigenvalue weighted by Gasteiger charge is -2.20. The van der Waals surface area contributed by atoms with Gasteiger partial charge in [-0.15, -0.1) is 0 Å². The van der Waals surface area contributed by atoms with Crippen molar-refractivity contribution in [1.82, 2.24) is 25.1 Å². The first kappa shape index (κ1) is 17.1. The molecule has 8 heteroatoms. The third kappa shape index (κ3) is 3.09. The van der Waals surface area contributed by atoms with Crippen molar-refractivity contribution < 1.29 is 9.53 Å². The molecule has 3 heterocycles. The lowest BCUT2D eigenvalue weighted by molar-refractivity contribution is 0.0924. The fourth-order valence-corrected chi connectivity index (χ4v) is 3.73. The molecule has 2 atom stereocenters. The Morgan fingerprint density at radius 3 is 2.93 bits per heavy atom. The van der Waals surface area contributed by atoms with E-state index in [-0.39, 0.29) is 23.6 Å². The molecule has 1 aromatic carbocycles. The van der Waals surface area contributed by atoms with Crippen LogP contribution in [0.2, 0.25) is 0 Å². The van der Waals surface area contributed by atoms with Gasteiger partial charge < -0.3 is 15.0 Å². The van der Waals surface area contributed by atoms with Crippen molar-refractivity contribution in [2.75, 3.05) is 13.2 Å². The summed E-state index contributed by atoms with van der Waals surface area (Å²) in [5, 5.41) is 7.56. The summed E-state index contributed by atoms with van der Waals surface area (Å²) >= 11 is 0. The van der Waals surface area contributed by atoms with Crippen molar-refractivity contribution in [1.29, 1.82) is 0 Å². The molecule has 1 aliphatic carbocycles. The molecular weight excluding hydrogens is 358 g/mol. The van der Waals surface area contributed by atoms with Crippen molar-refractivity contribution in [3.8, 4) is 0 Å². The highest BCUT2D eigenvalue weighted by Crippen LogP contribution is 2.38. The van der Waals surface area contributed by atoms with Crippen molar-refractivity contribution in [3.63, 3.8) is 0 Å². The first-order valence-electron chi connectivity index (χ1n) is 9.53. The normalized spacial score (nSPS) is 21.9. The molecule has 2 aliphatic rings. The van der Waals surface area contributed by atoms with Crippen LogP contribution in [0.15, 0.2) is 35.1 Å². The monoisotopic (exact) mass is 379 g/mol. The van der Waals surface area contributed by atoms with Gasteiger partial charge in [-0.05, 0) is 44.0 Å². The second-order valence-electron chi connectivity index (χ2n) is 7.55. The zero-order chi connectivity index (χ0) is 19.3. The van der Waals surface area contributed by atoms with Gasteiger partial charge in [0.25, 0.3) is 11.5 Å². The minimum absolute atomic E-state index is 0.173. The first-order valence-corrected chi connectivity index (χ1v) is 9.53. The summed E-state index contributed by atoms with van der Waals surface area (Å²) in [5.74, 6) is 1.05. The number of fused-ring (bicyclic) bond motifs is 1. The van der Waals surface area contributed by atoms with E-state index in [1.54, 1.807) is 18.2 Å². The third-order valence-corrected chi connectivity index (χ3v) is 5.38. The number of aromatic nitrogens is 4. The molecule has 5 rings (SSSR count). The van der Waals surface area contributed by atoms with Gasteiger partial charge >= 0.3 is 0 Å². The Morgan fingerprint density at radius 1 is 1.25 bits per heavy atom. The largest absolute Gasteiger partial charge is 0.377 e. The number of amides is 1. The van der Waals surface area contributed by atoms with Crippen LogP contribution in [0, 0.1) is 6.92 Å². The van der Waals surface area contributed by atoms with E-state index in [0.29, 0.717) is 24.7 Å². The van der Waals surface area contributed by atoms with Crippen molar-refractivity contribution in [2.45, 2.75) is 37.8 Å². The highest BCUT2D eigenvalue weighted by atomic mass is 16.5. The number of rotatable bonds is 4. The summed E-state index contributed by atoms with van der Waals surface area (Å²) in [5.41, 5.74) is 2.95. The molecule has 1 saturated carbocycles. The van der Waals surface area contributed by atoms with Crippen LogP contribution in [0.4, 0.5) is 0 Å². The molecule has 1 amide bonds. The van der Waals surface area contributed by atoms with E-state index in [1.807, 2.05) is 19.1 Å². The quantitative estimate of drug-likeness (QED) is 0.718. The zero-order valence-electron chi connectivity index (χ0n) is 15.5. The molecule has 144 valence electrons. The van der Waals surface area contributed by atoms with Gasteiger partial charge in [0.1, 0.15) is 11.9 Å². The number of carbonyl (C=O) groups excluding carboxylic acids is 1. The fourth-order valence-electron chi connectivity index (χ4n) is 3.73. The molecule has 1 saturated heterocycles. The van der Waals surface area contributed by atoms with Gasteiger partial charge in [-0.1, -0.05) is 0 Å². The fraction of sp³-hybridized carbons (Fsp3) is 0.400.